The van der Waals surface area contributed by atoms with Crippen LogP contribution in [0.4, 0.5) is 10.1 Å². The van der Waals surface area contributed by atoms with Crippen molar-refractivity contribution in [3.8, 4) is 5.75 Å². The van der Waals surface area contributed by atoms with Crippen LogP contribution >= 0.6 is 11.6 Å². The minimum Gasteiger partial charge on any atom is -0.507 e. The number of carbonyl (C=O) groups is 4. The van der Waals surface area contributed by atoms with Gasteiger partial charge in [0.05, 0.1) is 28.9 Å². The molecule has 1 saturated carbocycles. The fourth-order valence-corrected chi connectivity index (χ4v) is 8.61. The van der Waals surface area contributed by atoms with E-state index in [1.165, 1.54) is 24.3 Å². The number of hydroxylamine groups is 2. The highest BCUT2D eigenvalue weighted by Crippen LogP contribution is 2.65. The Morgan fingerprint density at radius 2 is 1.57 bits per heavy atom. The average molecular weight is 652 g/mol. The number of carbonyl (C=O) groups excluding carboxylic acids is 4. The number of nitrogens with one attached hydrogen (secondary N) is 1. The zero-order valence-electron chi connectivity index (χ0n) is 24.6. The lowest BCUT2D eigenvalue weighted by Gasteiger charge is -2.50. The number of hydrogen-bond acceptors (Lipinski definition) is 7. The second-order valence-electron chi connectivity index (χ2n) is 12.6. The Morgan fingerprint density at radius 1 is 0.851 bits per heavy atom. The van der Waals surface area contributed by atoms with E-state index in [1.807, 2.05) is 24.3 Å². The van der Waals surface area contributed by atoms with E-state index in [9.17, 15) is 29.1 Å². The van der Waals surface area contributed by atoms with E-state index in [2.05, 4.69) is 5.43 Å². The molecule has 47 heavy (non-hydrogen) atoms. The first-order chi connectivity index (χ1) is 22.6. The van der Waals surface area contributed by atoms with E-state index in [-0.39, 0.29) is 23.7 Å². The number of rotatable bonds is 4. The Labute approximate surface area is 272 Å². The molecule has 2 heterocycles. The van der Waals surface area contributed by atoms with Crippen molar-refractivity contribution in [1.82, 2.24) is 10.1 Å². The summed E-state index contributed by atoms with van der Waals surface area (Å²) in [6.07, 6.45) is 1.97. The zero-order valence-corrected chi connectivity index (χ0v) is 25.4. The Balaban J connectivity index is 1.40. The molecule has 3 N–H and O–H groups in total. The van der Waals surface area contributed by atoms with Crippen LogP contribution in [-0.4, -0.2) is 44.0 Å². The van der Waals surface area contributed by atoms with E-state index in [0.717, 1.165) is 10.4 Å². The van der Waals surface area contributed by atoms with Crippen LogP contribution in [0.2, 0.25) is 5.02 Å². The first kappa shape index (κ1) is 29.3. The van der Waals surface area contributed by atoms with Gasteiger partial charge in [-0.1, -0.05) is 71.8 Å². The summed E-state index contributed by atoms with van der Waals surface area (Å²) in [7, 11) is 0. The SMILES string of the molecule is O=C1C2CC=C3C(CC4C(=O)N(Nc5ccc(F)cc5)C(=O)C4(c4ccc(Cl)cc4)C3c3ccc4ccccc4c3O)C2C(=O)N1O. The summed E-state index contributed by atoms with van der Waals surface area (Å²) in [6.45, 7) is 0. The number of benzene rings is 4. The predicted octanol–water partition coefficient (Wildman–Crippen LogP) is 5.71. The molecule has 4 aromatic rings. The van der Waals surface area contributed by atoms with Gasteiger partial charge < -0.3 is 5.11 Å². The van der Waals surface area contributed by atoms with Gasteiger partial charge in [0.15, 0.2) is 0 Å². The van der Waals surface area contributed by atoms with Crippen LogP contribution < -0.4 is 5.43 Å². The Kier molecular flexibility index (Phi) is 6.54. The zero-order chi connectivity index (χ0) is 32.8. The van der Waals surface area contributed by atoms with E-state index in [1.54, 1.807) is 42.5 Å². The molecule has 11 heteroatoms. The average Bonchev–Trinajstić information content (AvgIpc) is 3.43. The maximum Gasteiger partial charge on any atom is 0.260 e. The Hall–Kier alpha value is -5.06. The minimum atomic E-state index is -1.63. The summed E-state index contributed by atoms with van der Waals surface area (Å²) in [5.74, 6) is -7.74. The van der Waals surface area contributed by atoms with Gasteiger partial charge in [-0.2, -0.15) is 10.1 Å². The van der Waals surface area contributed by atoms with Crippen LogP contribution in [0.25, 0.3) is 10.8 Å². The molecule has 4 amide bonds. The molecule has 0 radical (unpaired) electrons. The number of aromatic hydroxyl groups is 1. The maximum atomic E-state index is 15.1. The molecular weight excluding hydrogens is 625 g/mol. The van der Waals surface area contributed by atoms with Gasteiger partial charge in [0.2, 0.25) is 0 Å². The van der Waals surface area contributed by atoms with Gasteiger partial charge in [0.1, 0.15) is 11.6 Å². The molecule has 236 valence electrons. The highest BCUT2D eigenvalue weighted by atomic mass is 35.5. The number of amides is 4. The van der Waals surface area contributed by atoms with E-state index in [4.69, 9.17) is 11.6 Å². The number of phenols is 1. The topological polar surface area (TPSA) is 127 Å². The summed E-state index contributed by atoms with van der Waals surface area (Å²) in [5.41, 5.74) is 3.04. The second-order valence-corrected chi connectivity index (χ2v) is 13.0. The third-order valence-corrected chi connectivity index (χ3v) is 10.7. The fourth-order valence-electron chi connectivity index (χ4n) is 8.49. The number of hydrazine groups is 1. The molecule has 6 unspecified atom stereocenters. The van der Waals surface area contributed by atoms with Crippen molar-refractivity contribution in [2.45, 2.75) is 24.2 Å². The van der Waals surface area contributed by atoms with Crippen LogP contribution in [0.5, 0.6) is 5.75 Å². The summed E-state index contributed by atoms with van der Waals surface area (Å²) in [4.78, 5) is 56.0. The summed E-state index contributed by atoms with van der Waals surface area (Å²) in [5, 5.41) is 25.1. The van der Waals surface area contributed by atoms with Crippen LogP contribution in [0.3, 0.4) is 0 Å². The van der Waals surface area contributed by atoms with Gasteiger partial charge in [-0.05, 0) is 66.1 Å². The largest absolute Gasteiger partial charge is 0.507 e. The number of nitrogens with zero attached hydrogens (tertiary/aromatic N) is 2. The van der Waals surface area contributed by atoms with E-state index < -0.39 is 64.5 Å². The monoisotopic (exact) mass is 651 g/mol. The maximum absolute atomic E-state index is 15.1. The first-order valence-corrected chi connectivity index (χ1v) is 15.6. The molecule has 8 rings (SSSR count). The van der Waals surface area contributed by atoms with Crippen LogP contribution in [0, 0.1) is 29.5 Å². The molecule has 9 nitrogen and oxygen atoms in total. The van der Waals surface area contributed by atoms with Crippen LogP contribution in [-0.2, 0) is 24.6 Å². The second kappa shape index (κ2) is 10.5. The Bertz CT molecular complexity index is 2050. The Morgan fingerprint density at radius 3 is 2.32 bits per heavy atom. The summed E-state index contributed by atoms with van der Waals surface area (Å²) >= 11 is 6.31. The highest BCUT2D eigenvalue weighted by molar-refractivity contribution is 6.30. The number of anilines is 1. The molecule has 4 aromatic carbocycles. The number of hydrogen-bond donors (Lipinski definition) is 3. The van der Waals surface area contributed by atoms with Gasteiger partial charge in [0, 0.05) is 21.9 Å². The predicted molar refractivity (Wildman–Crippen MR) is 168 cm³/mol. The van der Waals surface area contributed by atoms with Gasteiger partial charge in [0.25, 0.3) is 23.6 Å². The van der Waals surface area contributed by atoms with Gasteiger partial charge in [-0.3, -0.25) is 29.8 Å². The van der Waals surface area contributed by atoms with Gasteiger partial charge in [-0.25, -0.2) is 4.39 Å². The smallest absolute Gasteiger partial charge is 0.260 e. The van der Waals surface area contributed by atoms with E-state index >= 15 is 4.79 Å². The normalized spacial score (nSPS) is 28.3. The lowest BCUT2D eigenvalue weighted by atomic mass is 9.49. The van der Waals surface area contributed by atoms with Crippen LogP contribution in [0.1, 0.15) is 29.9 Å². The van der Waals surface area contributed by atoms with Gasteiger partial charge >= 0.3 is 0 Å². The number of imide groups is 2. The molecule has 4 aliphatic rings. The third kappa shape index (κ3) is 4.04. The van der Waals surface area contributed by atoms with Crippen molar-refractivity contribution in [3.63, 3.8) is 0 Å². The summed E-state index contributed by atoms with van der Waals surface area (Å²) < 4.78 is 13.8. The first-order valence-electron chi connectivity index (χ1n) is 15.3. The lowest BCUT2D eigenvalue weighted by molar-refractivity contribution is -0.173. The molecule has 6 atom stereocenters. The molecule has 2 aliphatic carbocycles. The molecular formula is C36H27ClFN3O6. The van der Waals surface area contributed by atoms with Crippen molar-refractivity contribution in [1.29, 1.82) is 0 Å². The molecule has 2 saturated heterocycles. The summed E-state index contributed by atoms with van der Waals surface area (Å²) in [6, 6.07) is 22.7. The quantitative estimate of drug-likeness (QED) is 0.147. The lowest BCUT2D eigenvalue weighted by Crippen LogP contribution is -2.53. The van der Waals surface area contributed by atoms with Crippen molar-refractivity contribution in [2.75, 3.05) is 5.43 Å². The molecule has 0 aromatic heterocycles. The van der Waals surface area contributed by atoms with Crippen molar-refractivity contribution < 1.29 is 33.9 Å². The molecule has 2 aliphatic heterocycles. The van der Waals surface area contributed by atoms with Crippen molar-refractivity contribution in [3.05, 3.63) is 119 Å². The molecule has 0 spiro atoms. The number of fused-ring (bicyclic) bond motifs is 5. The number of halogens is 2. The van der Waals surface area contributed by atoms with Crippen molar-refractivity contribution >= 4 is 51.7 Å². The van der Waals surface area contributed by atoms with Crippen molar-refractivity contribution in [2.24, 2.45) is 23.7 Å². The van der Waals surface area contributed by atoms with Gasteiger partial charge in [-0.15, -0.1) is 0 Å². The number of phenolic OH excluding ortho intramolecular Hbond substituents is 1. The standard InChI is InChI=1S/C36H27ClFN3O6/c37-20-8-6-19(7-9-20)36-28(33(44)40(35(36)46)39-22-12-10-21(38)11-13-22)17-27-24(15-16-25-29(27)34(45)41(47)32(25)43)30(36)26-14-5-18-3-1-2-4-23(18)31(26)42/h1-15,25,27-30,39,42,47H,16-17H2. The minimum absolute atomic E-state index is 0.0134. The fraction of sp³-hybridized carbons (Fsp3) is 0.222. The molecule has 3 fully saturated rings. The third-order valence-electron chi connectivity index (χ3n) is 10.5. The highest BCUT2D eigenvalue weighted by Gasteiger charge is 2.70. The molecule has 0 bridgehead atoms. The van der Waals surface area contributed by atoms with Crippen LogP contribution in [0.15, 0.2) is 96.6 Å². The van der Waals surface area contributed by atoms with E-state index in [0.29, 0.717) is 32.8 Å². The number of allylic oxidation sites excluding steroid dienone is 2.